The Morgan fingerprint density at radius 2 is 2.05 bits per heavy atom. The summed E-state index contributed by atoms with van der Waals surface area (Å²) in [5.74, 6) is 0.721. The van der Waals surface area contributed by atoms with Gasteiger partial charge in [0.15, 0.2) is 0 Å². The van der Waals surface area contributed by atoms with Gasteiger partial charge in [0.05, 0.1) is 11.8 Å². The molecule has 104 valence electrons. The molecule has 5 nitrogen and oxygen atoms in total. The molecule has 0 atom stereocenters. The maximum absolute atomic E-state index is 9.27. The Bertz CT molecular complexity index is 678. The molecule has 0 N–H and O–H groups in total. The van der Waals surface area contributed by atoms with Crippen LogP contribution in [0.25, 0.3) is 0 Å². The molecule has 0 saturated heterocycles. The summed E-state index contributed by atoms with van der Waals surface area (Å²) in [6, 6.07) is 4.12. The van der Waals surface area contributed by atoms with E-state index < -0.39 is 0 Å². The van der Waals surface area contributed by atoms with Gasteiger partial charge in [0.2, 0.25) is 0 Å². The summed E-state index contributed by atoms with van der Waals surface area (Å²) < 4.78 is 1.85. The second kappa shape index (κ2) is 5.33. The first-order valence-corrected chi connectivity index (χ1v) is 6.51. The van der Waals surface area contributed by atoms with Crippen LogP contribution in [0.15, 0.2) is 12.3 Å². The highest BCUT2D eigenvalue weighted by atomic mass is 15.3. The van der Waals surface area contributed by atoms with Crippen molar-refractivity contribution in [2.75, 3.05) is 11.9 Å². The molecule has 0 aromatic carbocycles. The maximum Gasteiger partial charge on any atom is 0.146 e. The molecule has 2 aromatic heterocycles. The maximum atomic E-state index is 9.27. The normalized spacial score (nSPS) is 10.4. The molecule has 20 heavy (non-hydrogen) atoms. The topological polar surface area (TPSA) is 57.7 Å². The van der Waals surface area contributed by atoms with Crippen molar-refractivity contribution >= 4 is 5.82 Å². The number of aromatic nitrogens is 3. The smallest absolute Gasteiger partial charge is 0.146 e. The van der Waals surface area contributed by atoms with Crippen LogP contribution in [0.4, 0.5) is 5.82 Å². The minimum absolute atomic E-state index is 0.608. The van der Waals surface area contributed by atoms with Crippen LogP contribution in [-0.2, 0) is 13.6 Å². The van der Waals surface area contributed by atoms with Crippen LogP contribution in [-0.4, -0.2) is 21.8 Å². The lowest BCUT2D eigenvalue weighted by Crippen LogP contribution is -2.20. The van der Waals surface area contributed by atoms with E-state index in [0.717, 1.165) is 28.3 Å². The summed E-state index contributed by atoms with van der Waals surface area (Å²) in [4.78, 5) is 6.55. The van der Waals surface area contributed by atoms with Crippen molar-refractivity contribution in [2.24, 2.45) is 7.05 Å². The van der Waals surface area contributed by atoms with Gasteiger partial charge in [0.25, 0.3) is 0 Å². The summed E-state index contributed by atoms with van der Waals surface area (Å²) >= 11 is 0. The Kier molecular flexibility index (Phi) is 3.75. The zero-order valence-electron chi connectivity index (χ0n) is 12.6. The number of aryl methyl sites for hydroxylation is 3. The van der Waals surface area contributed by atoms with E-state index in [1.807, 2.05) is 56.7 Å². The van der Waals surface area contributed by atoms with Gasteiger partial charge in [-0.25, -0.2) is 4.98 Å². The molecule has 0 aliphatic rings. The first-order valence-electron chi connectivity index (χ1n) is 6.51. The standard InChI is InChI=1S/C15H19N5/c1-10-6-13(7-16)15(18-11(10)2)19(4)9-14-8-17-20(5)12(14)3/h6,8H,9H2,1-5H3. The second-order valence-corrected chi connectivity index (χ2v) is 5.11. The van der Waals surface area contributed by atoms with Crippen LogP contribution in [0, 0.1) is 32.1 Å². The minimum atomic E-state index is 0.608. The molecule has 0 aliphatic carbocycles. The van der Waals surface area contributed by atoms with Gasteiger partial charge in [-0.3, -0.25) is 4.68 Å². The van der Waals surface area contributed by atoms with Gasteiger partial charge < -0.3 is 4.90 Å². The summed E-state index contributed by atoms with van der Waals surface area (Å²) in [5.41, 5.74) is 4.86. The van der Waals surface area contributed by atoms with Crippen LogP contribution in [0.1, 0.15) is 28.1 Å². The number of nitriles is 1. The molecule has 0 aliphatic heterocycles. The highest BCUT2D eigenvalue weighted by molar-refractivity contribution is 5.55. The van der Waals surface area contributed by atoms with Crippen LogP contribution >= 0.6 is 0 Å². The van der Waals surface area contributed by atoms with E-state index in [1.165, 1.54) is 0 Å². The van der Waals surface area contributed by atoms with Gasteiger partial charge >= 0.3 is 0 Å². The van der Waals surface area contributed by atoms with Crippen LogP contribution < -0.4 is 4.90 Å². The monoisotopic (exact) mass is 269 g/mol. The van der Waals surface area contributed by atoms with E-state index in [1.54, 1.807) is 0 Å². The van der Waals surface area contributed by atoms with Gasteiger partial charge in [-0.15, -0.1) is 0 Å². The van der Waals surface area contributed by atoms with Crippen molar-refractivity contribution in [3.05, 3.63) is 40.3 Å². The van der Waals surface area contributed by atoms with Gasteiger partial charge in [0.1, 0.15) is 11.9 Å². The zero-order valence-corrected chi connectivity index (χ0v) is 12.6. The second-order valence-electron chi connectivity index (χ2n) is 5.11. The van der Waals surface area contributed by atoms with Gasteiger partial charge in [-0.05, 0) is 32.4 Å². The lowest BCUT2D eigenvalue weighted by molar-refractivity contribution is 0.736. The average Bonchev–Trinajstić information content (AvgIpc) is 2.73. The summed E-state index contributed by atoms with van der Waals surface area (Å²) in [6.45, 7) is 6.65. The highest BCUT2D eigenvalue weighted by Gasteiger charge is 2.14. The van der Waals surface area contributed by atoms with Crippen LogP contribution in [0.5, 0.6) is 0 Å². The van der Waals surface area contributed by atoms with Gasteiger partial charge in [0, 0.05) is 37.6 Å². The van der Waals surface area contributed by atoms with E-state index in [4.69, 9.17) is 0 Å². The fourth-order valence-electron chi connectivity index (χ4n) is 2.10. The minimum Gasteiger partial charge on any atom is -0.354 e. The van der Waals surface area contributed by atoms with E-state index in [2.05, 4.69) is 16.2 Å². The molecule has 0 radical (unpaired) electrons. The lowest BCUT2D eigenvalue weighted by atomic mass is 10.1. The van der Waals surface area contributed by atoms with E-state index in [9.17, 15) is 5.26 Å². The van der Waals surface area contributed by atoms with Crippen LogP contribution in [0.3, 0.4) is 0 Å². The number of pyridine rings is 1. The Morgan fingerprint density at radius 1 is 1.35 bits per heavy atom. The first-order chi connectivity index (χ1) is 9.43. The molecule has 0 fully saturated rings. The van der Waals surface area contributed by atoms with E-state index >= 15 is 0 Å². The number of anilines is 1. The Hall–Kier alpha value is -2.35. The van der Waals surface area contributed by atoms with Gasteiger partial charge in [-0.2, -0.15) is 10.4 Å². The van der Waals surface area contributed by atoms with E-state index in [-0.39, 0.29) is 0 Å². The molecule has 2 aromatic rings. The van der Waals surface area contributed by atoms with Gasteiger partial charge in [-0.1, -0.05) is 0 Å². The Morgan fingerprint density at radius 3 is 2.60 bits per heavy atom. The number of hydrogen-bond donors (Lipinski definition) is 0. The van der Waals surface area contributed by atoms with Crippen LogP contribution in [0.2, 0.25) is 0 Å². The summed E-state index contributed by atoms with van der Waals surface area (Å²) in [6.07, 6.45) is 1.86. The quantitative estimate of drug-likeness (QED) is 0.857. The fourth-order valence-corrected chi connectivity index (χ4v) is 2.10. The fraction of sp³-hybridized carbons (Fsp3) is 0.400. The molecule has 2 rings (SSSR count). The van der Waals surface area contributed by atoms with Crippen molar-refractivity contribution < 1.29 is 0 Å². The van der Waals surface area contributed by atoms with Crippen molar-refractivity contribution in [1.29, 1.82) is 5.26 Å². The highest BCUT2D eigenvalue weighted by Crippen LogP contribution is 2.21. The molecule has 5 heteroatoms. The molecule has 0 bridgehead atoms. The molecule has 0 spiro atoms. The lowest BCUT2D eigenvalue weighted by Gasteiger charge is -2.20. The first kappa shape index (κ1) is 14.1. The largest absolute Gasteiger partial charge is 0.354 e. The Labute approximate surface area is 119 Å². The molecule has 2 heterocycles. The Balaban J connectivity index is 2.34. The number of rotatable bonds is 3. The van der Waals surface area contributed by atoms with Crippen molar-refractivity contribution in [3.63, 3.8) is 0 Å². The van der Waals surface area contributed by atoms with Crippen molar-refractivity contribution in [1.82, 2.24) is 14.8 Å². The zero-order chi connectivity index (χ0) is 14.9. The number of nitrogens with zero attached hydrogens (tertiary/aromatic N) is 5. The number of hydrogen-bond acceptors (Lipinski definition) is 4. The molecular weight excluding hydrogens is 250 g/mol. The van der Waals surface area contributed by atoms with E-state index in [0.29, 0.717) is 12.1 Å². The molecular formula is C15H19N5. The molecule has 0 saturated carbocycles. The summed E-state index contributed by atoms with van der Waals surface area (Å²) in [7, 11) is 3.87. The SMILES string of the molecule is Cc1cc(C#N)c(N(C)Cc2cnn(C)c2C)nc1C. The predicted molar refractivity (Wildman–Crippen MR) is 78.5 cm³/mol. The molecule has 0 amide bonds. The van der Waals surface area contributed by atoms with Crippen molar-refractivity contribution in [3.8, 4) is 6.07 Å². The third-order valence-electron chi connectivity index (χ3n) is 3.67. The third kappa shape index (κ3) is 2.50. The predicted octanol–water partition coefficient (Wildman–Crippen LogP) is 2.25. The average molecular weight is 269 g/mol. The van der Waals surface area contributed by atoms with Crippen molar-refractivity contribution in [2.45, 2.75) is 27.3 Å². The third-order valence-corrected chi connectivity index (χ3v) is 3.67. The molecule has 0 unspecified atom stereocenters. The summed E-state index contributed by atoms with van der Waals surface area (Å²) in [5, 5.41) is 13.5.